The van der Waals surface area contributed by atoms with E-state index in [0.29, 0.717) is 36.4 Å². The van der Waals surface area contributed by atoms with Gasteiger partial charge in [0, 0.05) is 11.5 Å². The van der Waals surface area contributed by atoms with Gasteiger partial charge in [-0.3, -0.25) is 0 Å². The molecule has 2 aliphatic rings. The lowest BCUT2D eigenvalue weighted by Crippen LogP contribution is -2.17. The van der Waals surface area contributed by atoms with Gasteiger partial charge in [0.1, 0.15) is 11.6 Å². The Morgan fingerprint density at radius 1 is 1.30 bits per heavy atom. The predicted molar refractivity (Wildman–Crippen MR) is 101 cm³/mol. The summed E-state index contributed by atoms with van der Waals surface area (Å²) in [6, 6.07) is 3.52. The summed E-state index contributed by atoms with van der Waals surface area (Å²) in [5, 5.41) is 6.32. The van der Waals surface area contributed by atoms with Gasteiger partial charge in [-0.05, 0) is 50.0 Å². The van der Waals surface area contributed by atoms with Gasteiger partial charge in [-0.1, -0.05) is 12.7 Å². The topological polar surface area (TPSA) is 82.0 Å². The van der Waals surface area contributed by atoms with Crippen LogP contribution in [0.5, 0.6) is 5.88 Å². The second-order valence-corrected chi connectivity index (χ2v) is 7.16. The van der Waals surface area contributed by atoms with E-state index in [9.17, 15) is 4.79 Å². The lowest BCUT2D eigenvalue weighted by Gasteiger charge is -2.20. The molecule has 1 N–H and O–H groups in total. The Morgan fingerprint density at radius 3 is 2.74 bits per heavy atom. The minimum absolute atomic E-state index is 0.0224. The van der Waals surface area contributed by atoms with Crippen LogP contribution in [0, 0.1) is 12.3 Å². The molecule has 1 aliphatic carbocycles. The van der Waals surface area contributed by atoms with E-state index < -0.39 is 0 Å². The summed E-state index contributed by atoms with van der Waals surface area (Å²) in [5.41, 5.74) is 2.38. The van der Waals surface area contributed by atoms with Crippen molar-refractivity contribution >= 4 is 0 Å². The number of rotatable bonds is 3. The molecule has 0 atom stereocenters. The molecule has 0 unspecified atom stereocenters. The molecule has 140 valence electrons. The van der Waals surface area contributed by atoms with Crippen LogP contribution in [0.4, 0.5) is 0 Å². The van der Waals surface area contributed by atoms with Crippen molar-refractivity contribution in [1.29, 1.82) is 0 Å². The highest BCUT2D eigenvalue weighted by Crippen LogP contribution is 2.54. The fraction of sp³-hybridized carbons (Fsp3) is 0.350. The van der Waals surface area contributed by atoms with Crippen LogP contribution in [0.15, 0.2) is 58.8 Å². The molecule has 1 aliphatic heterocycles. The number of ether oxygens (including phenoxy) is 2. The Hall–Kier alpha value is -2.93. The molecule has 2 aromatic heterocycles. The Bertz CT molecular complexity index is 991. The van der Waals surface area contributed by atoms with Gasteiger partial charge in [0.15, 0.2) is 0 Å². The van der Waals surface area contributed by atoms with Crippen molar-refractivity contribution in [3.8, 4) is 11.6 Å². The normalized spacial score (nSPS) is 22.8. The molecule has 1 spiro atoms. The van der Waals surface area contributed by atoms with Crippen LogP contribution >= 0.6 is 0 Å². The van der Waals surface area contributed by atoms with E-state index in [1.54, 1.807) is 25.3 Å². The molecule has 0 bridgehead atoms. The number of hydrogen-bond acceptors (Lipinski definition) is 5. The number of hydrogen-bond donors (Lipinski definition) is 1. The van der Waals surface area contributed by atoms with Gasteiger partial charge in [0.25, 0.3) is 0 Å². The van der Waals surface area contributed by atoms with E-state index in [-0.39, 0.29) is 11.1 Å². The Morgan fingerprint density at radius 2 is 2.11 bits per heavy atom. The highest BCUT2D eigenvalue weighted by molar-refractivity contribution is 5.40. The van der Waals surface area contributed by atoms with E-state index in [4.69, 9.17) is 9.47 Å². The van der Waals surface area contributed by atoms with Crippen LogP contribution in [-0.4, -0.2) is 33.0 Å². The van der Waals surface area contributed by atoms with Crippen LogP contribution in [0.3, 0.4) is 0 Å². The second-order valence-electron chi connectivity index (χ2n) is 7.16. The second kappa shape index (κ2) is 6.66. The molecular formula is C20H22N4O3. The first-order chi connectivity index (χ1) is 13.0. The van der Waals surface area contributed by atoms with E-state index in [2.05, 4.69) is 21.8 Å². The molecule has 0 radical (unpaired) electrons. The maximum absolute atomic E-state index is 11.8. The number of H-pyrrole nitrogens is 1. The summed E-state index contributed by atoms with van der Waals surface area (Å²) in [4.78, 5) is 16.2. The third kappa shape index (κ3) is 3.38. The zero-order chi connectivity index (χ0) is 19.0. The van der Waals surface area contributed by atoms with Crippen molar-refractivity contribution in [3.63, 3.8) is 0 Å². The third-order valence-electron chi connectivity index (χ3n) is 5.05. The van der Waals surface area contributed by atoms with Crippen molar-refractivity contribution in [2.24, 2.45) is 5.41 Å². The van der Waals surface area contributed by atoms with Gasteiger partial charge < -0.3 is 9.47 Å². The molecule has 1 fully saturated rings. The molecule has 0 saturated heterocycles. The molecule has 1 saturated carbocycles. The zero-order valence-corrected chi connectivity index (χ0v) is 15.5. The lowest BCUT2D eigenvalue weighted by molar-refractivity contribution is 0.120. The average molecular weight is 366 g/mol. The summed E-state index contributed by atoms with van der Waals surface area (Å²) in [6.07, 6.45) is 7.63. The highest BCUT2D eigenvalue weighted by Gasteiger charge is 2.47. The van der Waals surface area contributed by atoms with Gasteiger partial charge in [-0.15, -0.1) is 0 Å². The summed E-state index contributed by atoms with van der Waals surface area (Å²) >= 11 is 0. The molecule has 7 nitrogen and oxygen atoms in total. The Kier molecular flexibility index (Phi) is 4.31. The van der Waals surface area contributed by atoms with Crippen molar-refractivity contribution in [1.82, 2.24) is 19.7 Å². The van der Waals surface area contributed by atoms with Crippen molar-refractivity contribution in [2.75, 3.05) is 13.2 Å². The van der Waals surface area contributed by atoms with Crippen LogP contribution in [0.25, 0.3) is 5.69 Å². The highest BCUT2D eigenvalue weighted by atomic mass is 16.5. The fourth-order valence-corrected chi connectivity index (χ4v) is 3.17. The summed E-state index contributed by atoms with van der Waals surface area (Å²) in [7, 11) is 0. The van der Waals surface area contributed by atoms with E-state index in [0.717, 1.165) is 24.0 Å². The molecule has 7 heteroatoms. The van der Waals surface area contributed by atoms with Crippen LogP contribution in [-0.2, 0) is 4.74 Å². The number of allylic oxidation sites excluding steroid dienone is 3. The van der Waals surface area contributed by atoms with E-state index >= 15 is 0 Å². The molecule has 3 heterocycles. The molecule has 27 heavy (non-hydrogen) atoms. The summed E-state index contributed by atoms with van der Waals surface area (Å²) in [5.74, 6) is 1.72. The van der Waals surface area contributed by atoms with Gasteiger partial charge in [0.2, 0.25) is 5.88 Å². The first kappa shape index (κ1) is 17.5. The quantitative estimate of drug-likeness (QED) is 0.903. The van der Waals surface area contributed by atoms with Crippen molar-refractivity contribution < 1.29 is 9.47 Å². The predicted octanol–water partition coefficient (Wildman–Crippen LogP) is 2.84. The third-order valence-corrected chi connectivity index (χ3v) is 5.05. The number of nitrogens with zero attached hydrogens (tertiary/aromatic N) is 3. The summed E-state index contributed by atoms with van der Waals surface area (Å²) < 4.78 is 13.3. The number of nitrogens with one attached hydrogen (secondary N) is 1. The lowest BCUT2D eigenvalue weighted by atomic mass is 9.96. The van der Waals surface area contributed by atoms with Crippen LogP contribution < -0.4 is 10.4 Å². The van der Waals surface area contributed by atoms with Gasteiger partial charge >= 0.3 is 5.69 Å². The molecular weight excluding hydrogens is 344 g/mol. The van der Waals surface area contributed by atoms with Gasteiger partial charge in [0.05, 0.1) is 25.1 Å². The molecule has 2 aromatic rings. The molecule has 4 rings (SSSR count). The molecule has 0 amide bonds. The van der Waals surface area contributed by atoms with Gasteiger partial charge in [-0.2, -0.15) is 5.10 Å². The maximum Gasteiger partial charge on any atom is 0.347 e. The first-order valence-corrected chi connectivity index (χ1v) is 8.92. The molecule has 0 aromatic carbocycles. The summed E-state index contributed by atoms with van der Waals surface area (Å²) in [6.45, 7) is 9.32. The largest absolute Gasteiger partial charge is 0.439 e. The Balaban J connectivity index is 1.60. The number of aromatic amines is 1. The van der Waals surface area contributed by atoms with Crippen molar-refractivity contribution in [2.45, 2.75) is 26.7 Å². The SMILES string of the molecule is C=C1/C(Oc2ccc(-n3c(C)n[nH]c3=O)cn2)=C\C=C(\C)COCC12CC2. The van der Waals surface area contributed by atoms with Crippen LogP contribution in [0.2, 0.25) is 0 Å². The number of aryl methyl sites for hydroxylation is 1. The van der Waals surface area contributed by atoms with Crippen molar-refractivity contribution in [3.05, 3.63) is 70.3 Å². The minimum atomic E-state index is -0.299. The van der Waals surface area contributed by atoms with Crippen LogP contribution in [0.1, 0.15) is 25.6 Å². The monoisotopic (exact) mass is 366 g/mol. The van der Waals surface area contributed by atoms with Gasteiger partial charge in [-0.25, -0.2) is 19.4 Å². The number of aromatic nitrogens is 4. The number of pyridine rings is 1. The first-order valence-electron chi connectivity index (χ1n) is 8.92. The maximum atomic E-state index is 11.8. The Labute approximate surface area is 157 Å². The average Bonchev–Trinajstić information content (AvgIpc) is 3.36. The zero-order valence-electron chi connectivity index (χ0n) is 15.5. The van der Waals surface area contributed by atoms with E-state index in [1.165, 1.54) is 4.57 Å². The smallest absolute Gasteiger partial charge is 0.347 e. The van der Waals surface area contributed by atoms with E-state index in [1.807, 2.05) is 19.1 Å². The minimum Gasteiger partial charge on any atom is -0.439 e. The standard InChI is InChI=1S/C20H22N4O3/c1-13-4-6-17(14(2)20(8-9-20)12-26-11-13)27-18-7-5-16(10-21-18)24-15(3)22-23-19(24)25/h4-7,10H,2,8-9,11-12H2,1,3H3,(H,23,25)/b13-4-,17-6+. The fourth-order valence-electron chi connectivity index (χ4n) is 3.17.